The largest absolute Gasteiger partial charge is 0.354 e. The van der Waals surface area contributed by atoms with E-state index in [1.807, 2.05) is 12.1 Å². The van der Waals surface area contributed by atoms with E-state index in [0.717, 1.165) is 31.7 Å². The molecule has 3 amide bonds. The van der Waals surface area contributed by atoms with Crippen molar-refractivity contribution in [2.75, 3.05) is 45.1 Å². The van der Waals surface area contributed by atoms with Gasteiger partial charge in [-0.05, 0) is 89.6 Å². The predicted molar refractivity (Wildman–Crippen MR) is 161 cm³/mol. The zero-order valence-electron chi connectivity index (χ0n) is 24.9. The van der Waals surface area contributed by atoms with Crippen LogP contribution in [-0.2, 0) is 11.2 Å². The average Bonchev–Trinajstić information content (AvgIpc) is 2.94. The summed E-state index contributed by atoms with van der Waals surface area (Å²) < 4.78 is 1.46. The molecule has 41 heavy (non-hydrogen) atoms. The Labute approximate surface area is 242 Å². The minimum Gasteiger partial charge on any atom is -0.338 e. The van der Waals surface area contributed by atoms with Gasteiger partial charge in [0.15, 0.2) is 0 Å². The van der Waals surface area contributed by atoms with E-state index in [0.29, 0.717) is 44.0 Å². The Bertz CT molecular complexity index is 1240. The lowest BCUT2D eigenvalue weighted by Crippen LogP contribution is -2.58. The van der Waals surface area contributed by atoms with Gasteiger partial charge in [0, 0.05) is 51.0 Å². The number of nitrogens with two attached hydrogens (primary N) is 2. The summed E-state index contributed by atoms with van der Waals surface area (Å²) >= 11 is 0. The summed E-state index contributed by atoms with van der Waals surface area (Å²) in [5.41, 5.74) is 12.5. The molecule has 0 bridgehead atoms. The number of likely N-dealkylation sites (N-methyl/N-ethyl adjacent to an activating group) is 1. The van der Waals surface area contributed by atoms with Crippen molar-refractivity contribution in [3.8, 4) is 5.69 Å². The van der Waals surface area contributed by atoms with E-state index in [4.69, 9.17) is 11.5 Å². The average molecular weight is 567 g/mol. The molecule has 1 aliphatic heterocycles. The fourth-order valence-corrected chi connectivity index (χ4v) is 5.63. The van der Waals surface area contributed by atoms with Crippen LogP contribution in [0.4, 0.5) is 10.6 Å². The molecular formula is C30H46N8O3. The second-order valence-corrected chi connectivity index (χ2v) is 12.3. The third-order valence-electron chi connectivity index (χ3n) is 8.38. The molecule has 4 rings (SSSR count). The molecule has 1 saturated heterocycles. The summed E-state index contributed by atoms with van der Waals surface area (Å²) in [6.45, 7) is 8.26. The van der Waals surface area contributed by atoms with Crippen molar-refractivity contribution in [3.05, 3.63) is 52.6 Å². The second-order valence-electron chi connectivity index (χ2n) is 12.3. The molecule has 1 unspecified atom stereocenters. The molecule has 224 valence electrons. The van der Waals surface area contributed by atoms with E-state index < -0.39 is 11.2 Å². The van der Waals surface area contributed by atoms with Crippen LogP contribution in [0.25, 0.3) is 5.69 Å². The lowest BCUT2D eigenvalue weighted by atomic mass is 9.86. The van der Waals surface area contributed by atoms with Crippen molar-refractivity contribution < 1.29 is 9.59 Å². The summed E-state index contributed by atoms with van der Waals surface area (Å²) in [5.74, 6) is 0.770. The smallest absolute Gasteiger partial charge is 0.338 e. The van der Waals surface area contributed by atoms with Crippen LogP contribution < -0.4 is 22.5 Å². The number of nitrogens with one attached hydrogen (secondary N) is 1. The van der Waals surface area contributed by atoms with Gasteiger partial charge in [0.1, 0.15) is 5.82 Å². The van der Waals surface area contributed by atoms with Crippen LogP contribution in [0.1, 0.15) is 52.0 Å². The molecule has 1 aromatic heterocycles. The first-order valence-electron chi connectivity index (χ1n) is 14.7. The summed E-state index contributed by atoms with van der Waals surface area (Å²) in [7, 11) is 2.20. The predicted octanol–water partition coefficient (Wildman–Crippen LogP) is 2.03. The molecule has 2 fully saturated rings. The first kappa shape index (κ1) is 30.7. The van der Waals surface area contributed by atoms with Crippen molar-refractivity contribution in [2.24, 2.45) is 17.4 Å². The number of carbonyl (C=O) groups excluding carboxylic acids is 2. The topological polar surface area (TPSA) is 143 Å². The first-order chi connectivity index (χ1) is 19.4. The molecule has 2 aromatic rings. The van der Waals surface area contributed by atoms with Crippen LogP contribution in [0.5, 0.6) is 0 Å². The molecule has 2 aliphatic rings. The SMILES string of the molecule is CC(Cc1ccc(-n2ccc(NC(=O)N3CCN(C(=O)C(C)(C)N)CC3)nc2=O)cc1)N(C)CC1CCC(N)CC1. The van der Waals surface area contributed by atoms with Crippen molar-refractivity contribution in [1.82, 2.24) is 24.3 Å². The van der Waals surface area contributed by atoms with E-state index in [2.05, 4.69) is 41.3 Å². The lowest BCUT2D eigenvalue weighted by molar-refractivity contribution is -0.137. The summed E-state index contributed by atoms with van der Waals surface area (Å²) in [6, 6.07) is 9.99. The van der Waals surface area contributed by atoms with Crippen LogP contribution in [0, 0.1) is 5.92 Å². The minimum atomic E-state index is -0.947. The Morgan fingerprint density at radius 3 is 2.24 bits per heavy atom. The molecule has 1 aromatic carbocycles. The number of benzene rings is 1. The number of anilines is 1. The van der Waals surface area contributed by atoms with Crippen molar-refractivity contribution >= 4 is 17.8 Å². The van der Waals surface area contributed by atoms with Crippen LogP contribution in [-0.4, -0.2) is 93.6 Å². The Kier molecular flexibility index (Phi) is 9.83. The highest BCUT2D eigenvalue weighted by Crippen LogP contribution is 2.24. The van der Waals surface area contributed by atoms with E-state index >= 15 is 0 Å². The van der Waals surface area contributed by atoms with Gasteiger partial charge in [-0.1, -0.05) is 12.1 Å². The monoisotopic (exact) mass is 566 g/mol. The minimum absolute atomic E-state index is 0.140. The van der Waals surface area contributed by atoms with Crippen LogP contribution in [0.2, 0.25) is 0 Å². The number of rotatable bonds is 8. The maximum atomic E-state index is 12.8. The van der Waals surface area contributed by atoms with Crippen molar-refractivity contribution in [3.63, 3.8) is 0 Å². The van der Waals surface area contributed by atoms with Gasteiger partial charge in [-0.15, -0.1) is 0 Å². The fraction of sp³-hybridized carbons (Fsp3) is 0.600. The van der Waals surface area contributed by atoms with Crippen molar-refractivity contribution in [1.29, 1.82) is 0 Å². The van der Waals surface area contributed by atoms with Crippen LogP contribution >= 0.6 is 0 Å². The molecule has 5 N–H and O–H groups in total. The molecule has 0 radical (unpaired) electrons. The number of hydrogen-bond acceptors (Lipinski definition) is 7. The summed E-state index contributed by atoms with van der Waals surface area (Å²) in [5, 5.41) is 2.70. The number of carbonyl (C=O) groups is 2. The van der Waals surface area contributed by atoms with Gasteiger partial charge in [0.25, 0.3) is 0 Å². The Morgan fingerprint density at radius 2 is 1.66 bits per heavy atom. The molecule has 1 atom stereocenters. The summed E-state index contributed by atoms with van der Waals surface area (Å²) in [6.07, 6.45) is 7.23. The molecule has 11 heteroatoms. The quantitative estimate of drug-likeness (QED) is 0.444. The van der Waals surface area contributed by atoms with Crippen LogP contribution in [0.15, 0.2) is 41.3 Å². The van der Waals surface area contributed by atoms with Gasteiger partial charge < -0.3 is 26.2 Å². The fourth-order valence-electron chi connectivity index (χ4n) is 5.63. The third kappa shape index (κ3) is 8.15. The molecule has 0 spiro atoms. The van der Waals surface area contributed by atoms with Crippen LogP contribution in [0.3, 0.4) is 0 Å². The van der Waals surface area contributed by atoms with Gasteiger partial charge >= 0.3 is 11.7 Å². The zero-order chi connectivity index (χ0) is 29.7. The number of urea groups is 1. The van der Waals surface area contributed by atoms with Gasteiger partial charge in [-0.3, -0.25) is 14.7 Å². The highest BCUT2D eigenvalue weighted by atomic mass is 16.2. The Morgan fingerprint density at radius 1 is 1.05 bits per heavy atom. The third-order valence-corrected chi connectivity index (χ3v) is 8.38. The number of hydrogen-bond donors (Lipinski definition) is 3. The Hall–Kier alpha value is -3.28. The van der Waals surface area contributed by atoms with E-state index in [1.54, 1.807) is 35.9 Å². The maximum absolute atomic E-state index is 12.8. The van der Waals surface area contributed by atoms with Gasteiger partial charge in [-0.25, -0.2) is 9.59 Å². The molecular weight excluding hydrogens is 520 g/mol. The number of aromatic nitrogens is 2. The molecule has 1 saturated carbocycles. The van der Waals surface area contributed by atoms with Gasteiger partial charge in [0.05, 0.1) is 11.2 Å². The van der Waals surface area contributed by atoms with E-state index in [-0.39, 0.29) is 17.8 Å². The van der Waals surface area contributed by atoms with Crippen molar-refractivity contribution in [2.45, 2.75) is 70.5 Å². The molecule has 11 nitrogen and oxygen atoms in total. The normalized spacial score (nSPS) is 20.7. The Balaban J connectivity index is 1.28. The lowest BCUT2D eigenvalue weighted by Gasteiger charge is -2.37. The number of piperazine rings is 1. The highest BCUT2D eigenvalue weighted by molar-refractivity contribution is 5.89. The standard InChI is InChI=1S/C30H46N8O3/c1-21(35(4)20-23-5-9-24(31)10-6-23)19-22-7-11-25(12-8-22)38-14-13-26(34-29(38)41)33-28(40)37-17-15-36(16-18-37)27(39)30(2,3)32/h7-8,11-14,21,23-24H,5-6,9-10,15-20,31-32H2,1-4H3,(H,33,34,40,41). The zero-order valence-corrected chi connectivity index (χ0v) is 24.9. The molecule has 2 heterocycles. The summed E-state index contributed by atoms with van der Waals surface area (Å²) in [4.78, 5) is 47.7. The number of amides is 3. The highest BCUT2D eigenvalue weighted by Gasteiger charge is 2.31. The number of nitrogens with zero attached hydrogens (tertiary/aromatic N) is 5. The van der Waals surface area contributed by atoms with E-state index in [1.165, 1.54) is 23.0 Å². The molecule has 1 aliphatic carbocycles. The van der Waals surface area contributed by atoms with E-state index in [9.17, 15) is 14.4 Å². The maximum Gasteiger partial charge on any atom is 0.354 e. The second kappa shape index (κ2) is 13.1. The first-order valence-corrected chi connectivity index (χ1v) is 14.7. The van der Waals surface area contributed by atoms with Gasteiger partial charge in [0.2, 0.25) is 5.91 Å². The van der Waals surface area contributed by atoms with Gasteiger partial charge in [-0.2, -0.15) is 4.98 Å².